The van der Waals surface area contributed by atoms with Crippen LogP contribution in [-0.2, 0) is 15.1 Å². The maximum Gasteiger partial charge on any atom is 0.313 e. The second kappa shape index (κ2) is 6.79. The lowest BCUT2D eigenvalue weighted by molar-refractivity contribution is -0.149. The number of carbonyl (C=O) groups excluding carboxylic acids is 1. The largest absolute Gasteiger partial charge is 0.462 e. The molecule has 0 amide bonds. The van der Waals surface area contributed by atoms with Crippen molar-refractivity contribution in [2.45, 2.75) is 29.9 Å². The lowest BCUT2D eigenvalue weighted by atomic mass is 9.75. The summed E-state index contributed by atoms with van der Waals surface area (Å²) in [7, 11) is 0. The number of benzene rings is 2. The Balaban J connectivity index is 2.14. The van der Waals surface area contributed by atoms with Crippen LogP contribution in [0.5, 0.6) is 0 Å². The summed E-state index contributed by atoms with van der Waals surface area (Å²) in [6, 6.07) is 14.6. The van der Waals surface area contributed by atoms with E-state index in [9.17, 15) is 9.90 Å². The highest BCUT2D eigenvalue weighted by atomic mass is 35.5. The van der Waals surface area contributed by atoms with Crippen molar-refractivity contribution in [2.75, 3.05) is 6.26 Å². The first-order valence-corrected chi connectivity index (χ1v) is 9.39. The Kier molecular flexibility index (Phi) is 4.90. The number of esters is 1. The molecule has 3 atom stereocenters. The predicted octanol–water partition coefficient (Wildman–Crippen LogP) is 4.25. The quantitative estimate of drug-likeness (QED) is 0.652. The van der Waals surface area contributed by atoms with Gasteiger partial charge in [-0.25, -0.2) is 0 Å². The standard InChI is InChI=1S/C19H19ClO3S/c1-12-10-17(18(21)23-12)19(22,14-4-3-5-15(20)11-14)13-6-8-16(24-2)9-7-13/h3-9,11-12,17,22H,10H2,1-2H3. The van der Waals surface area contributed by atoms with E-state index in [1.807, 2.05) is 37.4 Å². The smallest absolute Gasteiger partial charge is 0.313 e. The number of carbonyl (C=O) groups is 1. The summed E-state index contributed by atoms with van der Waals surface area (Å²) in [5.41, 5.74) is -0.203. The van der Waals surface area contributed by atoms with E-state index in [0.29, 0.717) is 22.6 Å². The van der Waals surface area contributed by atoms with E-state index >= 15 is 0 Å². The van der Waals surface area contributed by atoms with Crippen molar-refractivity contribution in [1.82, 2.24) is 0 Å². The zero-order chi connectivity index (χ0) is 17.3. The zero-order valence-electron chi connectivity index (χ0n) is 13.5. The van der Waals surface area contributed by atoms with Crippen LogP contribution in [0.4, 0.5) is 0 Å². The van der Waals surface area contributed by atoms with Crippen LogP contribution < -0.4 is 0 Å². The summed E-state index contributed by atoms with van der Waals surface area (Å²) in [5.74, 6) is -1.04. The molecule has 0 saturated carbocycles. The van der Waals surface area contributed by atoms with Crippen LogP contribution in [0, 0.1) is 5.92 Å². The molecule has 3 nitrogen and oxygen atoms in total. The first-order valence-electron chi connectivity index (χ1n) is 7.78. The molecule has 3 unspecified atom stereocenters. The Morgan fingerprint density at radius 2 is 1.92 bits per heavy atom. The maximum atomic E-state index is 12.4. The van der Waals surface area contributed by atoms with E-state index in [1.54, 1.807) is 36.0 Å². The molecule has 3 rings (SSSR count). The van der Waals surface area contributed by atoms with Gasteiger partial charge >= 0.3 is 5.97 Å². The summed E-state index contributed by atoms with van der Waals surface area (Å²) >= 11 is 7.75. The Morgan fingerprint density at radius 3 is 2.46 bits per heavy atom. The topological polar surface area (TPSA) is 46.5 Å². The Morgan fingerprint density at radius 1 is 1.21 bits per heavy atom. The molecule has 1 aliphatic rings. The summed E-state index contributed by atoms with van der Waals surface area (Å²) in [6.45, 7) is 1.84. The van der Waals surface area contributed by atoms with Crippen LogP contribution >= 0.6 is 23.4 Å². The van der Waals surface area contributed by atoms with Crippen LogP contribution in [-0.4, -0.2) is 23.4 Å². The van der Waals surface area contributed by atoms with Gasteiger partial charge in [-0.3, -0.25) is 4.79 Å². The molecule has 1 fully saturated rings. The lowest BCUT2D eigenvalue weighted by Gasteiger charge is -2.33. The maximum absolute atomic E-state index is 12.4. The molecular formula is C19H19ClO3S. The molecule has 126 valence electrons. The van der Waals surface area contributed by atoms with Gasteiger partial charge in [-0.05, 0) is 48.6 Å². The molecule has 0 spiro atoms. The van der Waals surface area contributed by atoms with E-state index in [4.69, 9.17) is 16.3 Å². The molecule has 0 radical (unpaired) electrons. The van der Waals surface area contributed by atoms with Gasteiger partial charge in [0.15, 0.2) is 0 Å². The van der Waals surface area contributed by atoms with Gasteiger partial charge in [-0.1, -0.05) is 35.9 Å². The minimum absolute atomic E-state index is 0.210. The Labute approximate surface area is 151 Å². The summed E-state index contributed by atoms with van der Waals surface area (Å²) in [6.07, 6.45) is 2.25. The number of aliphatic hydroxyl groups is 1. The SMILES string of the molecule is CSc1ccc(C(O)(c2cccc(Cl)c2)C2CC(C)OC2=O)cc1. The molecule has 1 aliphatic heterocycles. The third-order valence-electron chi connectivity index (χ3n) is 4.47. The number of hydrogen-bond donors (Lipinski definition) is 1. The van der Waals surface area contributed by atoms with Crippen molar-refractivity contribution in [1.29, 1.82) is 0 Å². The third-order valence-corrected chi connectivity index (χ3v) is 5.45. The van der Waals surface area contributed by atoms with Crippen molar-refractivity contribution in [3.63, 3.8) is 0 Å². The predicted molar refractivity (Wildman–Crippen MR) is 96.3 cm³/mol. The first kappa shape index (κ1) is 17.3. The van der Waals surface area contributed by atoms with Crippen molar-refractivity contribution < 1.29 is 14.6 Å². The molecule has 1 N–H and O–H groups in total. The normalized spacial score (nSPS) is 22.9. The lowest BCUT2D eigenvalue weighted by Crippen LogP contribution is -2.39. The molecule has 0 bridgehead atoms. The van der Waals surface area contributed by atoms with Crippen molar-refractivity contribution >= 4 is 29.3 Å². The van der Waals surface area contributed by atoms with Crippen LogP contribution in [0.25, 0.3) is 0 Å². The van der Waals surface area contributed by atoms with Gasteiger partial charge < -0.3 is 9.84 Å². The van der Waals surface area contributed by atoms with E-state index in [0.717, 1.165) is 4.90 Å². The molecule has 24 heavy (non-hydrogen) atoms. The molecule has 1 saturated heterocycles. The first-order chi connectivity index (χ1) is 11.4. The number of ether oxygens (including phenoxy) is 1. The van der Waals surface area contributed by atoms with E-state index in [2.05, 4.69) is 0 Å². The number of halogens is 1. The fraction of sp³-hybridized carbons (Fsp3) is 0.316. The van der Waals surface area contributed by atoms with Gasteiger partial charge in [0.25, 0.3) is 0 Å². The molecule has 0 aliphatic carbocycles. The van der Waals surface area contributed by atoms with Gasteiger partial charge in [-0.15, -0.1) is 11.8 Å². The van der Waals surface area contributed by atoms with Gasteiger partial charge in [0, 0.05) is 16.3 Å². The van der Waals surface area contributed by atoms with Gasteiger partial charge in [0.05, 0.1) is 12.0 Å². The van der Waals surface area contributed by atoms with Crippen molar-refractivity contribution in [3.8, 4) is 0 Å². The van der Waals surface area contributed by atoms with Crippen molar-refractivity contribution in [3.05, 3.63) is 64.7 Å². The minimum Gasteiger partial charge on any atom is -0.462 e. The molecule has 2 aromatic rings. The monoisotopic (exact) mass is 362 g/mol. The molecule has 0 aromatic heterocycles. The number of thioether (sulfide) groups is 1. The number of rotatable bonds is 4. The average Bonchev–Trinajstić information content (AvgIpc) is 2.93. The molecular weight excluding hydrogens is 344 g/mol. The fourth-order valence-electron chi connectivity index (χ4n) is 3.24. The van der Waals surface area contributed by atoms with Gasteiger partial charge in [0.2, 0.25) is 0 Å². The summed E-state index contributed by atoms with van der Waals surface area (Å²) in [5, 5.41) is 12.2. The fourth-order valence-corrected chi connectivity index (χ4v) is 3.84. The second-order valence-corrected chi connectivity index (χ2v) is 7.36. The minimum atomic E-state index is -1.47. The van der Waals surface area contributed by atoms with E-state index < -0.39 is 11.5 Å². The molecule has 5 heteroatoms. The average molecular weight is 363 g/mol. The highest BCUT2D eigenvalue weighted by Crippen LogP contribution is 2.43. The second-order valence-electron chi connectivity index (χ2n) is 6.04. The van der Waals surface area contributed by atoms with Crippen molar-refractivity contribution in [2.24, 2.45) is 5.92 Å². The van der Waals surface area contributed by atoms with Gasteiger partial charge in [0.1, 0.15) is 5.60 Å². The third kappa shape index (κ3) is 3.06. The van der Waals surface area contributed by atoms with E-state index in [-0.39, 0.29) is 12.1 Å². The van der Waals surface area contributed by atoms with Crippen LogP contribution in [0.3, 0.4) is 0 Å². The van der Waals surface area contributed by atoms with E-state index in [1.165, 1.54) is 0 Å². The number of hydrogen-bond acceptors (Lipinski definition) is 4. The van der Waals surface area contributed by atoms with Gasteiger partial charge in [-0.2, -0.15) is 0 Å². The Hall–Kier alpha value is -1.49. The Bertz CT molecular complexity index is 747. The molecule has 2 aromatic carbocycles. The van der Waals surface area contributed by atoms with Crippen LogP contribution in [0.1, 0.15) is 24.5 Å². The highest BCUT2D eigenvalue weighted by Gasteiger charge is 2.49. The van der Waals surface area contributed by atoms with Crippen LogP contribution in [0.2, 0.25) is 5.02 Å². The zero-order valence-corrected chi connectivity index (χ0v) is 15.1. The molecule has 1 heterocycles. The summed E-state index contributed by atoms with van der Waals surface area (Å²) in [4.78, 5) is 13.5. The summed E-state index contributed by atoms with van der Waals surface area (Å²) < 4.78 is 5.30. The highest BCUT2D eigenvalue weighted by molar-refractivity contribution is 7.98. The van der Waals surface area contributed by atoms with Crippen LogP contribution in [0.15, 0.2) is 53.4 Å². The number of cyclic esters (lactones) is 1.